The first kappa shape index (κ1) is 17.6. The Hall–Kier alpha value is -2.17. The topological polar surface area (TPSA) is 56.3 Å². The fourth-order valence-electron chi connectivity index (χ4n) is 2.60. The summed E-state index contributed by atoms with van der Waals surface area (Å²) >= 11 is 0. The van der Waals surface area contributed by atoms with Crippen molar-refractivity contribution in [2.45, 2.75) is 18.5 Å². The highest BCUT2D eigenvalue weighted by molar-refractivity contribution is 5.96. The van der Waals surface area contributed by atoms with Crippen LogP contribution in [0.15, 0.2) is 12.1 Å². The number of carbonyl (C=O) groups is 1. The normalized spacial score (nSPS) is 21.2. The molecular weight excluding hydrogens is 358 g/mol. The molecule has 5 nitrogen and oxygen atoms in total. The Kier molecular flexibility index (Phi) is 4.01. The van der Waals surface area contributed by atoms with Crippen LogP contribution >= 0.6 is 0 Å². The number of nitrogens with zero attached hydrogens (tertiary/aromatic N) is 2. The summed E-state index contributed by atoms with van der Waals surface area (Å²) in [5.41, 5.74) is -4.25. The number of ether oxygens (including phenoxy) is 1. The molecule has 0 spiro atoms. The van der Waals surface area contributed by atoms with Gasteiger partial charge in [0.2, 0.25) is 0 Å². The number of aromatic hydroxyl groups is 1. The van der Waals surface area contributed by atoms with E-state index >= 15 is 0 Å². The predicted octanol–water partition coefficient (Wildman–Crippen LogP) is 3.07. The molecular formula is C14H12F6N2O3. The van der Waals surface area contributed by atoms with Crippen molar-refractivity contribution in [3.8, 4) is 5.75 Å². The Morgan fingerprint density at radius 3 is 2.28 bits per heavy atom. The van der Waals surface area contributed by atoms with E-state index in [0.29, 0.717) is 17.6 Å². The molecule has 0 aromatic heterocycles. The number of hydrogen-bond donors (Lipinski definition) is 1. The molecule has 0 bridgehead atoms. The first-order chi connectivity index (χ1) is 11.5. The third kappa shape index (κ3) is 3.46. The minimum atomic E-state index is -5.20. The van der Waals surface area contributed by atoms with Gasteiger partial charge >= 0.3 is 18.4 Å². The molecule has 2 heterocycles. The van der Waals surface area contributed by atoms with Crippen LogP contribution in [0.25, 0.3) is 0 Å². The number of amides is 2. The molecule has 2 saturated heterocycles. The van der Waals surface area contributed by atoms with Crippen molar-refractivity contribution in [3.05, 3.63) is 23.3 Å². The minimum Gasteiger partial charge on any atom is -0.505 e. The van der Waals surface area contributed by atoms with Gasteiger partial charge in [-0.25, -0.2) is 4.79 Å². The van der Waals surface area contributed by atoms with E-state index in [1.165, 1.54) is 4.90 Å². The van der Waals surface area contributed by atoms with E-state index in [4.69, 9.17) is 4.74 Å². The smallest absolute Gasteiger partial charge is 0.420 e. The highest BCUT2D eigenvalue weighted by atomic mass is 19.4. The number of benzene rings is 1. The van der Waals surface area contributed by atoms with Gasteiger partial charge in [-0.05, 0) is 12.1 Å². The zero-order valence-electron chi connectivity index (χ0n) is 12.5. The molecule has 2 fully saturated rings. The van der Waals surface area contributed by atoms with Crippen molar-refractivity contribution < 1.29 is 41.0 Å². The average Bonchev–Trinajstić information content (AvgIpc) is 3.22. The SMILES string of the molecule is O=C1N(CC2CO2)CCN1c1cc(C(F)(F)F)cc(C(F)(F)F)c1O. The molecule has 0 aliphatic carbocycles. The average molecular weight is 370 g/mol. The van der Waals surface area contributed by atoms with Gasteiger partial charge in [-0.1, -0.05) is 0 Å². The van der Waals surface area contributed by atoms with Crippen LogP contribution in [0, 0.1) is 0 Å². The van der Waals surface area contributed by atoms with E-state index < -0.39 is 40.9 Å². The zero-order valence-corrected chi connectivity index (χ0v) is 12.5. The lowest BCUT2D eigenvalue weighted by Gasteiger charge is -2.22. The number of carbonyl (C=O) groups excluding carboxylic acids is 1. The number of anilines is 1. The second-order valence-electron chi connectivity index (χ2n) is 5.72. The van der Waals surface area contributed by atoms with E-state index in [-0.39, 0.29) is 31.8 Å². The van der Waals surface area contributed by atoms with Gasteiger partial charge in [0.05, 0.1) is 36.1 Å². The molecule has 0 saturated carbocycles. The molecule has 2 aliphatic rings. The highest BCUT2D eigenvalue weighted by Gasteiger charge is 2.43. The van der Waals surface area contributed by atoms with Gasteiger partial charge in [0.1, 0.15) is 0 Å². The third-order valence-electron chi connectivity index (χ3n) is 3.93. The van der Waals surface area contributed by atoms with Gasteiger partial charge in [0.25, 0.3) is 0 Å². The van der Waals surface area contributed by atoms with E-state index in [1.807, 2.05) is 0 Å². The van der Waals surface area contributed by atoms with Crippen molar-refractivity contribution >= 4 is 11.7 Å². The van der Waals surface area contributed by atoms with Crippen LogP contribution in [-0.4, -0.2) is 48.4 Å². The summed E-state index contributed by atoms with van der Waals surface area (Å²) in [5.74, 6) is -1.40. The number of rotatable bonds is 3. The molecule has 25 heavy (non-hydrogen) atoms. The maximum Gasteiger partial charge on any atom is 0.420 e. The lowest BCUT2D eigenvalue weighted by molar-refractivity contribution is -0.143. The van der Waals surface area contributed by atoms with Gasteiger partial charge in [-0.3, -0.25) is 4.90 Å². The number of epoxide rings is 1. The van der Waals surface area contributed by atoms with Crippen LogP contribution in [0.3, 0.4) is 0 Å². The van der Waals surface area contributed by atoms with Gasteiger partial charge in [0.15, 0.2) is 5.75 Å². The van der Waals surface area contributed by atoms with Crippen molar-refractivity contribution in [2.75, 3.05) is 31.1 Å². The predicted molar refractivity (Wildman–Crippen MR) is 72.2 cm³/mol. The van der Waals surface area contributed by atoms with Gasteiger partial charge in [0, 0.05) is 13.1 Å². The maximum absolute atomic E-state index is 13.0. The van der Waals surface area contributed by atoms with Crippen LogP contribution in [0.5, 0.6) is 5.75 Å². The molecule has 1 aromatic carbocycles. The Labute approximate surface area is 137 Å². The first-order valence-corrected chi connectivity index (χ1v) is 7.18. The van der Waals surface area contributed by atoms with Crippen LogP contribution < -0.4 is 4.90 Å². The molecule has 2 aliphatic heterocycles. The van der Waals surface area contributed by atoms with Crippen LogP contribution in [0.1, 0.15) is 11.1 Å². The number of phenolic OH excluding ortho intramolecular Hbond substituents is 1. The van der Waals surface area contributed by atoms with Gasteiger partial charge in [-0.2, -0.15) is 26.3 Å². The monoisotopic (exact) mass is 370 g/mol. The second kappa shape index (κ2) is 5.68. The summed E-state index contributed by atoms with van der Waals surface area (Å²) in [6.45, 7) is 0.603. The summed E-state index contributed by atoms with van der Waals surface area (Å²) in [4.78, 5) is 14.2. The summed E-state index contributed by atoms with van der Waals surface area (Å²) in [7, 11) is 0. The second-order valence-corrected chi connectivity index (χ2v) is 5.72. The summed E-state index contributed by atoms with van der Waals surface area (Å²) in [6.07, 6.45) is -10.4. The highest BCUT2D eigenvalue weighted by Crippen LogP contribution is 2.45. The standard InChI is InChI=1S/C14H12F6N2O3/c15-13(16,17)7-3-9(14(18,19)20)11(23)10(4-7)22-2-1-21(12(22)24)5-8-6-25-8/h3-4,8,23H,1-2,5-6H2. The van der Waals surface area contributed by atoms with Crippen LogP contribution in [-0.2, 0) is 17.1 Å². The molecule has 3 rings (SSSR count). The molecule has 1 aromatic rings. The summed E-state index contributed by atoms with van der Waals surface area (Å²) in [5, 5.41) is 9.85. The Balaban J connectivity index is 2.01. The van der Waals surface area contributed by atoms with E-state index in [1.54, 1.807) is 0 Å². The largest absolute Gasteiger partial charge is 0.505 e. The molecule has 2 amide bonds. The van der Waals surface area contributed by atoms with Crippen molar-refractivity contribution in [2.24, 2.45) is 0 Å². The zero-order chi connectivity index (χ0) is 18.6. The number of alkyl halides is 6. The molecule has 1 unspecified atom stereocenters. The number of halogens is 6. The van der Waals surface area contributed by atoms with E-state index in [0.717, 1.165) is 0 Å². The lowest BCUT2D eigenvalue weighted by Crippen LogP contribution is -2.34. The number of hydrogen-bond acceptors (Lipinski definition) is 3. The van der Waals surface area contributed by atoms with Gasteiger partial charge < -0.3 is 14.7 Å². The Morgan fingerprint density at radius 2 is 1.76 bits per heavy atom. The number of urea groups is 1. The van der Waals surface area contributed by atoms with E-state index in [9.17, 15) is 36.2 Å². The molecule has 138 valence electrons. The molecule has 0 radical (unpaired) electrons. The van der Waals surface area contributed by atoms with E-state index in [2.05, 4.69) is 0 Å². The fraction of sp³-hybridized carbons (Fsp3) is 0.500. The van der Waals surface area contributed by atoms with Crippen molar-refractivity contribution in [1.29, 1.82) is 0 Å². The minimum absolute atomic E-state index is 0.107. The fourth-order valence-corrected chi connectivity index (χ4v) is 2.60. The number of phenols is 1. The molecule has 1 atom stereocenters. The third-order valence-corrected chi connectivity index (χ3v) is 3.93. The summed E-state index contributed by atoms with van der Waals surface area (Å²) < 4.78 is 82.7. The molecule has 11 heteroatoms. The Bertz CT molecular complexity index is 699. The van der Waals surface area contributed by atoms with Crippen LogP contribution in [0.4, 0.5) is 36.8 Å². The van der Waals surface area contributed by atoms with Gasteiger partial charge in [-0.15, -0.1) is 0 Å². The van der Waals surface area contributed by atoms with Crippen LogP contribution in [0.2, 0.25) is 0 Å². The Morgan fingerprint density at radius 1 is 1.12 bits per heavy atom. The first-order valence-electron chi connectivity index (χ1n) is 7.18. The van der Waals surface area contributed by atoms with Crippen molar-refractivity contribution in [1.82, 2.24) is 4.90 Å². The maximum atomic E-state index is 13.0. The quantitative estimate of drug-likeness (QED) is 0.657. The molecule has 1 N–H and O–H groups in total. The lowest BCUT2D eigenvalue weighted by atomic mass is 10.1. The van der Waals surface area contributed by atoms with Crippen molar-refractivity contribution in [3.63, 3.8) is 0 Å². The summed E-state index contributed by atoms with van der Waals surface area (Å²) in [6, 6.07) is -0.604.